The predicted molar refractivity (Wildman–Crippen MR) is 71.6 cm³/mol. The lowest BCUT2D eigenvalue weighted by atomic mass is 10.4. The van der Waals surface area contributed by atoms with Gasteiger partial charge in [-0.1, -0.05) is 5.21 Å². The molecule has 0 bridgehead atoms. The second-order valence-electron chi connectivity index (χ2n) is 4.36. The normalized spacial score (nSPS) is 11.0. The number of fused-ring (bicyclic) bond motifs is 1. The highest BCUT2D eigenvalue weighted by molar-refractivity contribution is 5.72. The van der Waals surface area contributed by atoms with Crippen molar-refractivity contribution in [2.45, 2.75) is 20.4 Å². The van der Waals surface area contributed by atoms with Gasteiger partial charge in [-0.2, -0.15) is 4.68 Å². The summed E-state index contributed by atoms with van der Waals surface area (Å²) in [6, 6.07) is 0. The van der Waals surface area contributed by atoms with E-state index in [4.69, 9.17) is 4.74 Å². The number of carbonyl (C=O) groups excluding carboxylic acids is 1. The number of rotatable bonds is 3. The fourth-order valence-corrected chi connectivity index (χ4v) is 1.94. The minimum Gasteiger partial charge on any atom is -0.448 e. The van der Waals surface area contributed by atoms with Crippen molar-refractivity contribution in [2.24, 2.45) is 0 Å². The molecule has 3 rings (SSSR count). The van der Waals surface area contributed by atoms with Crippen LogP contribution in [0.1, 0.15) is 18.3 Å². The Morgan fingerprint density at radius 2 is 2.19 bits per heavy atom. The highest BCUT2D eigenvalue weighted by Gasteiger charge is 2.12. The number of carbonyl (C=O) groups is 1. The Bertz CT molecular complexity index is 792. The van der Waals surface area contributed by atoms with Crippen LogP contribution in [0.25, 0.3) is 11.2 Å². The Hall–Kier alpha value is -2.84. The molecule has 0 saturated heterocycles. The van der Waals surface area contributed by atoms with Crippen LogP contribution in [-0.2, 0) is 11.3 Å². The molecule has 0 aromatic carbocycles. The third-order valence-electron chi connectivity index (χ3n) is 2.91. The van der Waals surface area contributed by atoms with Gasteiger partial charge in [-0.05, 0) is 13.8 Å². The predicted octanol–water partition coefficient (Wildman–Crippen LogP) is 0.779. The standard InChI is InChI=1S/C12H13N7O2/c1-3-21-12(20)19-5-9(16-17-19)4-18-7-15-10-8(2)13-6-14-11(10)18/h5-7H,3-4H2,1-2H3. The first kappa shape index (κ1) is 13.2. The van der Waals surface area contributed by atoms with Gasteiger partial charge in [0.25, 0.3) is 0 Å². The van der Waals surface area contributed by atoms with E-state index in [-0.39, 0.29) is 6.61 Å². The number of hydrogen-bond donors (Lipinski definition) is 0. The summed E-state index contributed by atoms with van der Waals surface area (Å²) in [6.45, 7) is 4.30. The molecule has 0 unspecified atom stereocenters. The van der Waals surface area contributed by atoms with Gasteiger partial charge in [0.05, 0.1) is 31.4 Å². The Morgan fingerprint density at radius 1 is 1.33 bits per heavy atom. The molecule has 0 radical (unpaired) electrons. The highest BCUT2D eigenvalue weighted by Crippen LogP contribution is 2.13. The Morgan fingerprint density at radius 3 is 3.00 bits per heavy atom. The summed E-state index contributed by atoms with van der Waals surface area (Å²) in [5.74, 6) is 0. The van der Waals surface area contributed by atoms with Crippen molar-refractivity contribution in [3.05, 3.63) is 30.2 Å². The summed E-state index contributed by atoms with van der Waals surface area (Å²) in [4.78, 5) is 24.1. The fourth-order valence-electron chi connectivity index (χ4n) is 1.94. The SMILES string of the molecule is CCOC(=O)n1cc(Cn2cnc3c(C)ncnc32)nn1. The number of aromatic nitrogens is 7. The number of imidazole rings is 1. The molecule has 108 valence electrons. The molecule has 0 N–H and O–H groups in total. The van der Waals surface area contributed by atoms with Crippen LogP contribution in [0.4, 0.5) is 4.79 Å². The molecule has 0 aliphatic rings. The zero-order valence-electron chi connectivity index (χ0n) is 11.6. The van der Waals surface area contributed by atoms with Gasteiger partial charge in [-0.3, -0.25) is 0 Å². The minimum absolute atomic E-state index is 0.288. The van der Waals surface area contributed by atoms with E-state index in [1.807, 2.05) is 11.5 Å². The molecule has 3 aromatic rings. The van der Waals surface area contributed by atoms with Crippen LogP contribution in [-0.4, -0.2) is 47.2 Å². The lowest BCUT2D eigenvalue weighted by Crippen LogP contribution is -2.14. The molecule has 9 nitrogen and oxygen atoms in total. The summed E-state index contributed by atoms with van der Waals surface area (Å²) in [7, 11) is 0. The zero-order chi connectivity index (χ0) is 14.8. The number of hydrogen-bond acceptors (Lipinski definition) is 7. The highest BCUT2D eigenvalue weighted by atomic mass is 16.6. The maximum absolute atomic E-state index is 11.5. The van der Waals surface area contributed by atoms with Crippen molar-refractivity contribution < 1.29 is 9.53 Å². The first-order chi connectivity index (χ1) is 10.2. The van der Waals surface area contributed by atoms with Gasteiger partial charge in [0.1, 0.15) is 17.5 Å². The summed E-state index contributed by atoms with van der Waals surface area (Å²) < 4.78 is 7.73. The number of ether oxygens (including phenoxy) is 1. The Labute approximate surface area is 119 Å². The molecule has 0 saturated carbocycles. The lowest BCUT2D eigenvalue weighted by Gasteiger charge is -2.00. The van der Waals surface area contributed by atoms with Crippen molar-refractivity contribution in [2.75, 3.05) is 6.61 Å². The van der Waals surface area contributed by atoms with Crippen LogP contribution in [0.3, 0.4) is 0 Å². The monoisotopic (exact) mass is 287 g/mol. The molecule has 0 aliphatic carbocycles. The first-order valence-corrected chi connectivity index (χ1v) is 6.40. The van der Waals surface area contributed by atoms with Gasteiger partial charge in [0, 0.05) is 0 Å². The van der Waals surface area contributed by atoms with Gasteiger partial charge >= 0.3 is 6.09 Å². The summed E-state index contributed by atoms with van der Waals surface area (Å²) in [5, 5.41) is 7.68. The van der Waals surface area contributed by atoms with Crippen LogP contribution in [0, 0.1) is 6.92 Å². The van der Waals surface area contributed by atoms with E-state index < -0.39 is 6.09 Å². The lowest BCUT2D eigenvalue weighted by molar-refractivity contribution is 0.150. The second kappa shape index (κ2) is 5.27. The number of nitrogens with zero attached hydrogens (tertiary/aromatic N) is 7. The topological polar surface area (TPSA) is 101 Å². The summed E-state index contributed by atoms with van der Waals surface area (Å²) in [5.41, 5.74) is 2.89. The van der Waals surface area contributed by atoms with Crippen LogP contribution in [0.15, 0.2) is 18.9 Å². The van der Waals surface area contributed by atoms with E-state index in [0.29, 0.717) is 17.9 Å². The van der Waals surface area contributed by atoms with E-state index in [1.165, 1.54) is 12.5 Å². The molecule has 0 spiro atoms. The van der Waals surface area contributed by atoms with E-state index >= 15 is 0 Å². The van der Waals surface area contributed by atoms with Crippen LogP contribution < -0.4 is 0 Å². The summed E-state index contributed by atoms with van der Waals surface area (Å²) in [6.07, 6.45) is 4.13. The van der Waals surface area contributed by atoms with Crippen LogP contribution >= 0.6 is 0 Å². The molecule has 3 heterocycles. The van der Waals surface area contributed by atoms with Crippen molar-refractivity contribution >= 4 is 17.3 Å². The molecule has 0 fully saturated rings. The average Bonchev–Trinajstić information content (AvgIpc) is 3.08. The van der Waals surface area contributed by atoms with Gasteiger partial charge in [0.15, 0.2) is 5.65 Å². The van der Waals surface area contributed by atoms with Gasteiger partial charge < -0.3 is 9.30 Å². The van der Waals surface area contributed by atoms with Crippen LogP contribution in [0.2, 0.25) is 0 Å². The van der Waals surface area contributed by atoms with E-state index in [9.17, 15) is 4.79 Å². The van der Waals surface area contributed by atoms with Crippen molar-refractivity contribution in [1.82, 2.24) is 34.5 Å². The molecule has 0 amide bonds. The smallest absolute Gasteiger partial charge is 0.436 e. The van der Waals surface area contributed by atoms with Crippen molar-refractivity contribution in [1.29, 1.82) is 0 Å². The molecule has 9 heteroatoms. The van der Waals surface area contributed by atoms with Crippen molar-refractivity contribution in [3.63, 3.8) is 0 Å². The Balaban J connectivity index is 1.86. The minimum atomic E-state index is -0.551. The van der Waals surface area contributed by atoms with Crippen LogP contribution in [0.5, 0.6) is 0 Å². The number of aryl methyl sites for hydroxylation is 1. The molecular formula is C12H13N7O2. The maximum atomic E-state index is 11.5. The molecular weight excluding hydrogens is 274 g/mol. The first-order valence-electron chi connectivity index (χ1n) is 6.40. The fraction of sp³-hybridized carbons (Fsp3) is 0.333. The van der Waals surface area contributed by atoms with Gasteiger partial charge in [0.2, 0.25) is 0 Å². The third-order valence-corrected chi connectivity index (χ3v) is 2.91. The van der Waals surface area contributed by atoms with E-state index in [0.717, 1.165) is 15.9 Å². The summed E-state index contributed by atoms with van der Waals surface area (Å²) >= 11 is 0. The quantitative estimate of drug-likeness (QED) is 0.701. The second-order valence-corrected chi connectivity index (χ2v) is 4.36. The molecule has 3 aromatic heterocycles. The largest absolute Gasteiger partial charge is 0.448 e. The van der Waals surface area contributed by atoms with Gasteiger partial charge in [-0.15, -0.1) is 5.10 Å². The van der Waals surface area contributed by atoms with E-state index in [1.54, 1.807) is 13.3 Å². The molecule has 21 heavy (non-hydrogen) atoms. The molecule has 0 aliphatic heterocycles. The average molecular weight is 287 g/mol. The van der Waals surface area contributed by atoms with E-state index in [2.05, 4.69) is 25.3 Å². The molecule has 0 atom stereocenters. The maximum Gasteiger partial charge on any atom is 0.436 e. The Kier molecular flexibility index (Phi) is 3.30. The zero-order valence-corrected chi connectivity index (χ0v) is 11.6. The third kappa shape index (κ3) is 2.45. The van der Waals surface area contributed by atoms with Crippen molar-refractivity contribution in [3.8, 4) is 0 Å². The van der Waals surface area contributed by atoms with Gasteiger partial charge in [-0.25, -0.2) is 19.7 Å².